The van der Waals surface area contributed by atoms with Gasteiger partial charge in [-0.25, -0.2) is 0 Å². The SMILES string of the molecule is CC(CN)C(C)N(C)CCc1cccs1. The van der Waals surface area contributed by atoms with Gasteiger partial charge in [0.1, 0.15) is 0 Å². The summed E-state index contributed by atoms with van der Waals surface area (Å²) in [7, 11) is 2.18. The van der Waals surface area contributed by atoms with Crippen molar-refractivity contribution < 1.29 is 0 Å². The van der Waals surface area contributed by atoms with Crippen LogP contribution in [0, 0.1) is 5.92 Å². The standard InChI is InChI=1S/C12H22N2S/c1-10(9-13)11(2)14(3)7-6-12-5-4-8-15-12/h4-5,8,10-11H,6-7,9,13H2,1-3H3. The molecule has 0 spiro atoms. The molecule has 0 aromatic carbocycles. The molecule has 0 aliphatic rings. The molecule has 0 bridgehead atoms. The second kappa shape index (κ2) is 6.26. The summed E-state index contributed by atoms with van der Waals surface area (Å²) in [5.74, 6) is 0.568. The van der Waals surface area contributed by atoms with Crippen LogP contribution in [0.4, 0.5) is 0 Å². The summed E-state index contributed by atoms with van der Waals surface area (Å²) in [6.07, 6.45) is 1.15. The van der Waals surface area contributed by atoms with Crippen molar-refractivity contribution in [2.24, 2.45) is 11.7 Å². The fourth-order valence-electron chi connectivity index (χ4n) is 1.58. The molecule has 15 heavy (non-hydrogen) atoms. The Morgan fingerprint density at radius 1 is 1.47 bits per heavy atom. The third-order valence-corrected chi connectivity index (χ3v) is 4.12. The van der Waals surface area contributed by atoms with Gasteiger partial charge < -0.3 is 10.6 Å². The maximum absolute atomic E-state index is 5.68. The topological polar surface area (TPSA) is 29.3 Å². The highest BCUT2D eigenvalue weighted by molar-refractivity contribution is 7.09. The van der Waals surface area contributed by atoms with Gasteiger partial charge in [0.15, 0.2) is 0 Å². The van der Waals surface area contributed by atoms with Gasteiger partial charge in [-0.15, -0.1) is 11.3 Å². The van der Waals surface area contributed by atoms with Crippen LogP contribution in [0.2, 0.25) is 0 Å². The van der Waals surface area contributed by atoms with Crippen molar-refractivity contribution in [3.05, 3.63) is 22.4 Å². The Labute approximate surface area is 97.1 Å². The molecule has 3 heteroatoms. The minimum Gasteiger partial charge on any atom is -0.330 e. The molecule has 1 heterocycles. The molecule has 2 N–H and O–H groups in total. The van der Waals surface area contributed by atoms with Crippen LogP contribution in [0.15, 0.2) is 17.5 Å². The van der Waals surface area contributed by atoms with Gasteiger partial charge in [0.2, 0.25) is 0 Å². The molecule has 86 valence electrons. The predicted molar refractivity (Wildman–Crippen MR) is 68.3 cm³/mol. The van der Waals surface area contributed by atoms with Gasteiger partial charge in [0.25, 0.3) is 0 Å². The lowest BCUT2D eigenvalue weighted by molar-refractivity contribution is 0.205. The van der Waals surface area contributed by atoms with E-state index in [1.54, 1.807) is 0 Å². The number of hydrogen-bond acceptors (Lipinski definition) is 3. The Morgan fingerprint density at radius 3 is 2.73 bits per heavy atom. The molecular formula is C12H22N2S. The summed E-state index contributed by atoms with van der Waals surface area (Å²) in [6.45, 7) is 6.36. The monoisotopic (exact) mass is 226 g/mol. The van der Waals surface area contributed by atoms with Crippen LogP contribution in [0.3, 0.4) is 0 Å². The van der Waals surface area contributed by atoms with E-state index in [-0.39, 0.29) is 0 Å². The minimum atomic E-state index is 0.565. The number of hydrogen-bond donors (Lipinski definition) is 1. The Bertz CT molecular complexity index is 259. The summed E-state index contributed by atoms with van der Waals surface area (Å²) in [4.78, 5) is 3.87. The maximum atomic E-state index is 5.68. The number of rotatable bonds is 6. The van der Waals surface area contributed by atoms with E-state index in [0.29, 0.717) is 12.0 Å². The fourth-order valence-corrected chi connectivity index (χ4v) is 2.27. The third kappa shape index (κ3) is 3.93. The fraction of sp³-hybridized carbons (Fsp3) is 0.667. The van der Waals surface area contributed by atoms with E-state index in [1.807, 2.05) is 11.3 Å². The van der Waals surface area contributed by atoms with Crippen LogP contribution >= 0.6 is 11.3 Å². The average molecular weight is 226 g/mol. The zero-order chi connectivity index (χ0) is 11.3. The molecule has 2 atom stereocenters. The van der Waals surface area contributed by atoms with E-state index in [2.05, 4.69) is 43.3 Å². The van der Waals surface area contributed by atoms with E-state index in [1.165, 1.54) is 4.88 Å². The number of nitrogens with two attached hydrogens (primary N) is 1. The van der Waals surface area contributed by atoms with E-state index < -0.39 is 0 Å². The zero-order valence-electron chi connectivity index (χ0n) is 9.94. The summed E-state index contributed by atoms with van der Waals surface area (Å²) in [6, 6.07) is 4.89. The lowest BCUT2D eigenvalue weighted by Crippen LogP contribution is -2.38. The molecule has 2 nitrogen and oxygen atoms in total. The van der Waals surface area contributed by atoms with Gasteiger partial charge in [0.05, 0.1) is 0 Å². The highest BCUT2D eigenvalue weighted by atomic mass is 32.1. The number of likely N-dealkylation sites (N-methyl/N-ethyl adjacent to an activating group) is 1. The lowest BCUT2D eigenvalue weighted by atomic mass is 10.0. The van der Waals surface area contributed by atoms with Crippen molar-refractivity contribution in [2.45, 2.75) is 26.3 Å². The zero-order valence-corrected chi connectivity index (χ0v) is 10.8. The van der Waals surface area contributed by atoms with Gasteiger partial charge in [-0.3, -0.25) is 0 Å². The molecule has 0 saturated heterocycles. The van der Waals surface area contributed by atoms with Crippen LogP contribution in [0.1, 0.15) is 18.7 Å². The van der Waals surface area contributed by atoms with Crippen LogP contribution in [0.5, 0.6) is 0 Å². The first-order valence-electron chi connectivity index (χ1n) is 5.57. The molecule has 0 amide bonds. The normalized spacial score (nSPS) is 15.5. The summed E-state index contributed by atoms with van der Waals surface area (Å²) >= 11 is 1.84. The molecular weight excluding hydrogens is 204 g/mol. The minimum absolute atomic E-state index is 0.565. The van der Waals surface area contributed by atoms with E-state index >= 15 is 0 Å². The Kier molecular flexibility index (Phi) is 5.29. The van der Waals surface area contributed by atoms with E-state index in [0.717, 1.165) is 19.5 Å². The molecule has 0 radical (unpaired) electrons. The smallest absolute Gasteiger partial charge is 0.0102 e. The van der Waals surface area contributed by atoms with Gasteiger partial charge in [-0.2, -0.15) is 0 Å². The van der Waals surface area contributed by atoms with Crippen molar-refractivity contribution in [2.75, 3.05) is 20.1 Å². The van der Waals surface area contributed by atoms with Crippen molar-refractivity contribution >= 4 is 11.3 Å². The largest absolute Gasteiger partial charge is 0.330 e. The summed E-state index contributed by atoms with van der Waals surface area (Å²) in [5, 5.41) is 2.14. The second-order valence-corrected chi connectivity index (χ2v) is 5.30. The summed E-state index contributed by atoms with van der Waals surface area (Å²) < 4.78 is 0. The highest BCUT2D eigenvalue weighted by Crippen LogP contribution is 2.12. The van der Waals surface area contributed by atoms with Crippen molar-refractivity contribution in [3.8, 4) is 0 Å². The quantitative estimate of drug-likeness (QED) is 0.806. The van der Waals surface area contributed by atoms with Crippen molar-refractivity contribution in [3.63, 3.8) is 0 Å². The maximum Gasteiger partial charge on any atom is 0.0102 e. The van der Waals surface area contributed by atoms with Gasteiger partial charge in [-0.05, 0) is 44.3 Å². The van der Waals surface area contributed by atoms with Crippen LogP contribution < -0.4 is 5.73 Å². The van der Waals surface area contributed by atoms with Crippen LogP contribution in [0.25, 0.3) is 0 Å². The van der Waals surface area contributed by atoms with E-state index in [4.69, 9.17) is 5.73 Å². The van der Waals surface area contributed by atoms with Crippen LogP contribution in [-0.2, 0) is 6.42 Å². The summed E-state index contributed by atoms with van der Waals surface area (Å²) in [5.41, 5.74) is 5.68. The molecule has 0 aliphatic heterocycles. The predicted octanol–water partition coefficient (Wildman–Crippen LogP) is 2.21. The molecule has 1 aromatic rings. The molecule has 0 aliphatic carbocycles. The van der Waals surface area contributed by atoms with Gasteiger partial charge >= 0.3 is 0 Å². The van der Waals surface area contributed by atoms with Gasteiger partial charge in [-0.1, -0.05) is 13.0 Å². The molecule has 1 rings (SSSR count). The first kappa shape index (κ1) is 12.7. The van der Waals surface area contributed by atoms with Crippen molar-refractivity contribution in [1.82, 2.24) is 4.90 Å². The third-order valence-electron chi connectivity index (χ3n) is 3.18. The highest BCUT2D eigenvalue weighted by Gasteiger charge is 2.15. The first-order valence-corrected chi connectivity index (χ1v) is 6.45. The van der Waals surface area contributed by atoms with Gasteiger partial charge in [0, 0.05) is 17.5 Å². The number of nitrogens with zero attached hydrogens (tertiary/aromatic N) is 1. The number of thiophene rings is 1. The average Bonchev–Trinajstić information content (AvgIpc) is 2.76. The lowest BCUT2D eigenvalue weighted by Gasteiger charge is -2.28. The van der Waals surface area contributed by atoms with Crippen LogP contribution in [-0.4, -0.2) is 31.1 Å². The van der Waals surface area contributed by atoms with Crippen molar-refractivity contribution in [1.29, 1.82) is 0 Å². The first-order chi connectivity index (χ1) is 7.15. The Hall–Kier alpha value is -0.380. The molecule has 2 unspecified atom stereocenters. The Balaban J connectivity index is 2.32. The van der Waals surface area contributed by atoms with E-state index in [9.17, 15) is 0 Å². The Morgan fingerprint density at radius 2 is 2.20 bits per heavy atom. The molecule has 1 aromatic heterocycles. The second-order valence-electron chi connectivity index (χ2n) is 4.26. The molecule has 0 fully saturated rings. The molecule has 0 saturated carbocycles.